The summed E-state index contributed by atoms with van der Waals surface area (Å²) in [5.41, 5.74) is 0.890. The van der Waals surface area contributed by atoms with E-state index in [0.29, 0.717) is 35.1 Å². The first-order valence-electron chi connectivity index (χ1n) is 7.62. The molecule has 1 aliphatic heterocycles. The lowest BCUT2D eigenvalue weighted by molar-refractivity contribution is 0.0592. The molecule has 0 bridgehead atoms. The number of hydrogen-bond acceptors (Lipinski definition) is 7. The minimum absolute atomic E-state index is 0.165. The van der Waals surface area contributed by atoms with Crippen LogP contribution in [0.1, 0.15) is 24.8 Å². The second-order valence-corrected chi connectivity index (χ2v) is 5.40. The number of rotatable bonds is 5. The number of nitrogens with one attached hydrogen (secondary N) is 1. The van der Waals surface area contributed by atoms with Gasteiger partial charge in [0.2, 0.25) is 0 Å². The highest BCUT2D eigenvalue weighted by Crippen LogP contribution is 2.28. The number of methoxy groups -OCH3 is 1. The predicted molar refractivity (Wildman–Crippen MR) is 82.1 cm³/mol. The van der Waals surface area contributed by atoms with Crippen molar-refractivity contribution in [1.29, 1.82) is 0 Å². The number of halogens is 1. The summed E-state index contributed by atoms with van der Waals surface area (Å²) in [4.78, 5) is 12.0. The van der Waals surface area contributed by atoms with Gasteiger partial charge in [0, 0.05) is 12.7 Å². The van der Waals surface area contributed by atoms with E-state index in [1.54, 1.807) is 24.1 Å². The Kier molecular flexibility index (Phi) is 3.77. The van der Waals surface area contributed by atoms with Crippen molar-refractivity contribution >= 4 is 17.0 Å². The summed E-state index contributed by atoms with van der Waals surface area (Å²) in [7, 11) is 1.56. The molecule has 0 aromatic carbocycles. The molecule has 1 fully saturated rings. The minimum atomic E-state index is -0.823. The monoisotopic (exact) mass is 333 g/mol. The Morgan fingerprint density at radius 3 is 3.17 bits per heavy atom. The Morgan fingerprint density at radius 2 is 2.38 bits per heavy atom. The van der Waals surface area contributed by atoms with Gasteiger partial charge in [-0.2, -0.15) is 14.4 Å². The van der Waals surface area contributed by atoms with Crippen LogP contribution in [0.3, 0.4) is 0 Å². The first-order chi connectivity index (χ1) is 11.8. The van der Waals surface area contributed by atoms with Gasteiger partial charge in [-0.25, -0.2) is 4.98 Å². The molecule has 9 heteroatoms. The normalized spacial score (nSPS) is 17.5. The van der Waals surface area contributed by atoms with Crippen molar-refractivity contribution < 1.29 is 18.3 Å². The van der Waals surface area contributed by atoms with Crippen molar-refractivity contribution in [1.82, 2.24) is 19.5 Å². The zero-order valence-corrected chi connectivity index (χ0v) is 13.0. The van der Waals surface area contributed by atoms with E-state index in [-0.39, 0.29) is 12.8 Å². The Hall–Kier alpha value is -2.68. The van der Waals surface area contributed by atoms with E-state index >= 15 is 0 Å². The van der Waals surface area contributed by atoms with Crippen molar-refractivity contribution in [2.45, 2.75) is 25.6 Å². The quantitative estimate of drug-likeness (QED) is 0.718. The van der Waals surface area contributed by atoms with Gasteiger partial charge in [0.1, 0.15) is 6.23 Å². The minimum Gasteiger partial charge on any atom is -0.493 e. The summed E-state index contributed by atoms with van der Waals surface area (Å²) in [5.74, 6) is 1.49. The fraction of sp³-hybridized carbons (Fsp3) is 0.400. The number of hydrogen-bond donors (Lipinski definition) is 1. The topological polar surface area (TPSA) is 87.2 Å². The molecule has 1 N–H and O–H groups in total. The first-order valence-corrected chi connectivity index (χ1v) is 7.62. The number of ether oxygens (including phenoxy) is 2. The molecule has 0 saturated carbocycles. The van der Waals surface area contributed by atoms with Crippen LogP contribution in [0, 0.1) is 6.08 Å². The number of anilines is 1. The molecule has 24 heavy (non-hydrogen) atoms. The Morgan fingerprint density at radius 1 is 1.46 bits per heavy atom. The summed E-state index contributed by atoms with van der Waals surface area (Å²) in [6.45, 7) is 0.968. The fourth-order valence-corrected chi connectivity index (χ4v) is 2.81. The third-order valence-electron chi connectivity index (χ3n) is 3.95. The van der Waals surface area contributed by atoms with Crippen LogP contribution in [-0.2, 0) is 11.3 Å². The molecule has 1 aliphatic rings. The van der Waals surface area contributed by atoms with Crippen molar-refractivity contribution in [3.8, 4) is 5.75 Å². The van der Waals surface area contributed by atoms with E-state index in [4.69, 9.17) is 13.9 Å². The average molecular weight is 333 g/mol. The van der Waals surface area contributed by atoms with Gasteiger partial charge in [0.25, 0.3) is 0 Å². The van der Waals surface area contributed by atoms with Gasteiger partial charge >= 0.3 is 6.08 Å². The number of nitrogens with zero attached hydrogens (tertiary/aromatic N) is 4. The van der Waals surface area contributed by atoms with Crippen LogP contribution in [0.25, 0.3) is 11.2 Å². The molecule has 0 radical (unpaired) electrons. The molecule has 0 aliphatic carbocycles. The molecule has 4 rings (SSSR count). The second-order valence-electron chi connectivity index (χ2n) is 5.40. The van der Waals surface area contributed by atoms with E-state index in [1.165, 1.54) is 6.26 Å². The van der Waals surface area contributed by atoms with Crippen molar-refractivity contribution in [3.63, 3.8) is 0 Å². The van der Waals surface area contributed by atoms with Crippen LogP contribution in [0.4, 0.5) is 10.2 Å². The average Bonchev–Trinajstić information content (AvgIpc) is 3.31. The van der Waals surface area contributed by atoms with Crippen molar-refractivity contribution in [2.24, 2.45) is 0 Å². The predicted octanol–water partition coefficient (Wildman–Crippen LogP) is 2.49. The fourth-order valence-electron chi connectivity index (χ4n) is 2.81. The van der Waals surface area contributed by atoms with Gasteiger partial charge in [0.15, 0.2) is 28.5 Å². The van der Waals surface area contributed by atoms with Crippen LogP contribution < -0.4 is 10.1 Å². The maximum Gasteiger partial charge on any atom is 0.312 e. The standard InChI is InChI=1S/C15H16FN5O3/c1-22-9-4-6-23-10(9)7-17-13-12-14(20-15(16)19-13)21(8-18-12)11-3-2-5-24-11/h4,6,8,11H,2-3,5,7H2,1H3,(H,17,19,20). The van der Waals surface area contributed by atoms with Gasteiger partial charge in [-0.15, -0.1) is 0 Å². The third kappa shape index (κ3) is 2.56. The van der Waals surface area contributed by atoms with Crippen LogP contribution in [-0.4, -0.2) is 33.2 Å². The van der Waals surface area contributed by atoms with E-state index in [2.05, 4.69) is 20.3 Å². The van der Waals surface area contributed by atoms with Gasteiger partial charge in [0.05, 0.1) is 26.2 Å². The van der Waals surface area contributed by atoms with Crippen molar-refractivity contribution in [3.05, 3.63) is 30.5 Å². The van der Waals surface area contributed by atoms with E-state index in [0.717, 1.165) is 12.8 Å². The van der Waals surface area contributed by atoms with Gasteiger partial charge < -0.3 is 19.2 Å². The van der Waals surface area contributed by atoms with Crippen LogP contribution >= 0.6 is 0 Å². The van der Waals surface area contributed by atoms with Crippen LogP contribution in [0.15, 0.2) is 23.1 Å². The van der Waals surface area contributed by atoms with Gasteiger partial charge in [-0.05, 0) is 12.8 Å². The number of fused-ring (bicyclic) bond motifs is 1. The Labute approximate surface area is 136 Å². The second kappa shape index (κ2) is 6.08. The molecule has 126 valence electrons. The lowest BCUT2D eigenvalue weighted by Gasteiger charge is -2.11. The molecule has 1 unspecified atom stereocenters. The molecule has 3 aromatic rings. The summed E-state index contributed by atoms with van der Waals surface area (Å²) in [5, 5.41) is 3.03. The van der Waals surface area contributed by atoms with E-state index < -0.39 is 6.08 Å². The molecular formula is C15H16FN5O3. The van der Waals surface area contributed by atoms with E-state index in [9.17, 15) is 4.39 Å². The first kappa shape index (κ1) is 14.9. The number of aromatic nitrogens is 4. The van der Waals surface area contributed by atoms with Gasteiger partial charge in [-0.3, -0.25) is 4.57 Å². The molecule has 0 spiro atoms. The molecule has 8 nitrogen and oxygen atoms in total. The molecule has 4 heterocycles. The molecular weight excluding hydrogens is 317 g/mol. The molecule has 1 atom stereocenters. The number of imidazole rings is 1. The van der Waals surface area contributed by atoms with Gasteiger partial charge in [-0.1, -0.05) is 0 Å². The summed E-state index contributed by atoms with van der Waals surface area (Å²) in [6.07, 6.45) is 3.95. The summed E-state index contributed by atoms with van der Waals surface area (Å²) < 4.78 is 31.7. The highest BCUT2D eigenvalue weighted by molar-refractivity contribution is 5.82. The number of furan rings is 1. The largest absolute Gasteiger partial charge is 0.493 e. The zero-order valence-electron chi connectivity index (χ0n) is 13.0. The lowest BCUT2D eigenvalue weighted by atomic mass is 10.3. The maximum atomic E-state index is 13.9. The maximum absolute atomic E-state index is 13.9. The third-order valence-corrected chi connectivity index (χ3v) is 3.95. The Balaban J connectivity index is 1.65. The summed E-state index contributed by atoms with van der Waals surface area (Å²) in [6, 6.07) is 1.71. The molecule has 1 saturated heterocycles. The van der Waals surface area contributed by atoms with E-state index in [1.807, 2.05) is 0 Å². The highest BCUT2D eigenvalue weighted by Gasteiger charge is 2.22. The Bertz CT molecular complexity index is 856. The molecule has 0 amide bonds. The molecule has 3 aromatic heterocycles. The van der Waals surface area contributed by atoms with Crippen LogP contribution in [0.2, 0.25) is 0 Å². The SMILES string of the molecule is COc1ccoc1CNc1nc(F)nc2c1ncn2C1CCCO1. The lowest BCUT2D eigenvalue weighted by Crippen LogP contribution is -2.09. The van der Waals surface area contributed by atoms with Crippen molar-refractivity contribution in [2.75, 3.05) is 19.0 Å². The smallest absolute Gasteiger partial charge is 0.312 e. The highest BCUT2D eigenvalue weighted by atomic mass is 19.1. The summed E-state index contributed by atoms with van der Waals surface area (Å²) >= 11 is 0. The zero-order chi connectivity index (χ0) is 16.5. The van der Waals surface area contributed by atoms with Crippen LogP contribution in [0.5, 0.6) is 5.75 Å².